The number of rotatable bonds is 8. The van der Waals surface area contributed by atoms with E-state index in [0.29, 0.717) is 25.5 Å². The number of hydrogen-bond donors (Lipinski definition) is 3. The van der Waals surface area contributed by atoms with Crippen molar-refractivity contribution in [1.82, 2.24) is 15.1 Å². The molecule has 38 heavy (non-hydrogen) atoms. The van der Waals surface area contributed by atoms with Crippen molar-refractivity contribution in [3.05, 3.63) is 29.5 Å². The first-order valence-electron chi connectivity index (χ1n) is 12.2. The Balaban J connectivity index is 1.11. The number of H-pyrrole nitrogens is 1. The fourth-order valence-corrected chi connectivity index (χ4v) is 7.36. The van der Waals surface area contributed by atoms with Crippen molar-refractivity contribution in [2.75, 3.05) is 31.3 Å². The molecule has 3 fully saturated rings. The summed E-state index contributed by atoms with van der Waals surface area (Å²) in [4.78, 5) is 37.8. The van der Waals surface area contributed by atoms with Gasteiger partial charge in [0, 0.05) is 36.4 Å². The number of aromatic nitrogens is 2. The number of aldehydes is 1. The van der Waals surface area contributed by atoms with E-state index in [4.69, 9.17) is 14.2 Å². The predicted molar refractivity (Wildman–Crippen MR) is 132 cm³/mol. The van der Waals surface area contributed by atoms with Crippen LogP contribution in [-0.4, -0.2) is 90.3 Å². The third-order valence-electron chi connectivity index (χ3n) is 7.31. The molecular formula is C24H28N4O9S. The number of fused-ring (bicyclic) bond motifs is 2. The van der Waals surface area contributed by atoms with E-state index in [2.05, 4.69) is 15.5 Å². The molecule has 1 aliphatic carbocycles. The van der Waals surface area contributed by atoms with Gasteiger partial charge in [0.25, 0.3) is 5.91 Å². The lowest BCUT2D eigenvalue weighted by molar-refractivity contribution is -0.118. The van der Waals surface area contributed by atoms with Crippen LogP contribution in [0.2, 0.25) is 0 Å². The summed E-state index contributed by atoms with van der Waals surface area (Å²) in [5, 5.41) is 19.1. The van der Waals surface area contributed by atoms with Crippen LogP contribution in [0.25, 0.3) is 0 Å². The number of carbonyl (C=O) groups excluding carboxylic acids is 3. The molecule has 204 valence electrons. The zero-order valence-corrected chi connectivity index (χ0v) is 21.4. The summed E-state index contributed by atoms with van der Waals surface area (Å²) in [5.41, 5.74) is 0.687. The van der Waals surface area contributed by atoms with Crippen molar-refractivity contribution in [2.45, 2.75) is 49.0 Å². The standard InChI is InChI=1S/C24H28N4O9S/c1-35-16-6-20(30)18(10-29)21(7-16)36-11-23(31)25-22-8-19(26-27-22)13-2-3-15(4-13)37-24(32)28-9-17-5-14(28)12-38(17,33)34/h6-8,10,13-15,17,30H,2-5,9,11-12H2,1H3,(H2,25,26,27,31)/t13-,14?,15?,17+/m0/s1. The highest BCUT2D eigenvalue weighted by Crippen LogP contribution is 2.38. The lowest BCUT2D eigenvalue weighted by Gasteiger charge is -2.27. The Hall–Kier alpha value is -3.81. The molecule has 1 saturated carbocycles. The maximum Gasteiger partial charge on any atom is 0.410 e. The fraction of sp³-hybridized carbons (Fsp3) is 0.500. The number of aromatic amines is 1. The molecule has 14 heteroatoms. The van der Waals surface area contributed by atoms with Gasteiger partial charge in [0.1, 0.15) is 23.4 Å². The topological polar surface area (TPSA) is 177 Å². The van der Waals surface area contributed by atoms with Crippen LogP contribution in [-0.2, 0) is 19.4 Å². The molecule has 1 aromatic carbocycles. The van der Waals surface area contributed by atoms with Crippen LogP contribution in [0.1, 0.15) is 47.7 Å². The molecule has 2 saturated heterocycles. The number of hydrogen-bond acceptors (Lipinski definition) is 10. The van der Waals surface area contributed by atoms with Gasteiger partial charge in [-0.05, 0) is 25.7 Å². The minimum absolute atomic E-state index is 0.00430. The molecule has 2 unspecified atom stereocenters. The van der Waals surface area contributed by atoms with Crippen LogP contribution in [0.15, 0.2) is 18.2 Å². The van der Waals surface area contributed by atoms with Crippen LogP contribution in [0.5, 0.6) is 17.2 Å². The molecule has 13 nitrogen and oxygen atoms in total. The number of ether oxygens (including phenoxy) is 3. The highest BCUT2D eigenvalue weighted by atomic mass is 32.2. The number of methoxy groups -OCH3 is 1. The number of likely N-dealkylation sites (tertiary alicyclic amines) is 1. The first kappa shape index (κ1) is 25.8. The predicted octanol–water partition coefficient (Wildman–Crippen LogP) is 1.60. The Morgan fingerprint density at radius 2 is 2.08 bits per heavy atom. The quantitative estimate of drug-likeness (QED) is 0.411. The highest BCUT2D eigenvalue weighted by molar-refractivity contribution is 7.92. The van der Waals surface area contributed by atoms with Gasteiger partial charge in [0.05, 0.1) is 29.7 Å². The van der Waals surface area contributed by atoms with E-state index in [0.717, 1.165) is 12.1 Å². The van der Waals surface area contributed by atoms with E-state index < -0.39 is 33.7 Å². The molecule has 2 aliphatic heterocycles. The van der Waals surface area contributed by atoms with Gasteiger partial charge in [-0.15, -0.1) is 0 Å². The van der Waals surface area contributed by atoms with Gasteiger partial charge < -0.3 is 29.5 Å². The van der Waals surface area contributed by atoms with E-state index in [9.17, 15) is 27.9 Å². The number of benzene rings is 1. The fourth-order valence-electron chi connectivity index (χ4n) is 5.33. The maximum atomic E-state index is 12.6. The van der Waals surface area contributed by atoms with Crippen molar-refractivity contribution in [1.29, 1.82) is 0 Å². The smallest absolute Gasteiger partial charge is 0.410 e. The van der Waals surface area contributed by atoms with E-state index in [1.807, 2.05) is 0 Å². The first-order valence-corrected chi connectivity index (χ1v) is 13.9. The Labute approximate surface area is 218 Å². The summed E-state index contributed by atoms with van der Waals surface area (Å²) in [6.45, 7) is -0.235. The third kappa shape index (κ3) is 5.12. The summed E-state index contributed by atoms with van der Waals surface area (Å²) in [6.07, 6.45) is 2.16. The number of amides is 2. The van der Waals surface area contributed by atoms with Crippen LogP contribution in [0, 0.1) is 0 Å². The lowest BCUT2D eigenvalue weighted by atomic mass is 10.0. The molecule has 3 aliphatic rings. The van der Waals surface area contributed by atoms with E-state index >= 15 is 0 Å². The number of phenols is 1. The second-order valence-electron chi connectivity index (χ2n) is 9.73. The number of sulfone groups is 1. The summed E-state index contributed by atoms with van der Waals surface area (Å²) in [5.74, 6) is -0.241. The van der Waals surface area contributed by atoms with Gasteiger partial charge in [-0.3, -0.25) is 14.7 Å². The molecule has 3 heterocycles. The summed E-state index contributed by atoms with van der Waals surface area (Å²) in [6, 6.07) is 4.06. The third-order valence-corrected chi connectivity index (χ3v) is 9.51. The van der Waals surface area contributed by atoms with Gasteiger partial charge in [-0.2, -0.15) is 5.10 Å². The average molecular weight is 549 g/mol. The largest absolute Gasteiger partial charge is 0.507 e. The van der Waals surface area contributed by atoms with Gasteiger partial charge in [-0.25, -0.2) is 13.2 Å². The minimum atomic E-state index is -3.09. The van der Waals surface area contributed by atoms with Gasteiger partial charge in [0.15, 0.2) is 28.5 Å². The summed E-state index contributed by atoms with van der Waals surface area (Å²) < 4.78 is 40.0. The monoisotopic (exact) mass is 548 g/mol. The molecule has 4 atom stereocenters. The van der Waals surface area contributed by atoms with Gasteiger partial charge >= 0.3 is 6.09 Å². The number of aromatic hydroxyl groups is 1. The number of anilines is 1. The maximum absolute atomic E-state index is 12.6. The van der Waals surface area contributed by atoms with Crippen molar-refractivity contribution >= 4 is 33.9 Å². The van der Waals surface area contributed by atoms with Crippen LogP contribution in [0.3, 0.4) is 0 Å². The minimum Gasteiger partial charge on any atom is -0.507 e. The zero-order chi connectivity index (χ0) is 27.0. The molecule has 0 spiro atoms. The number of phenolic OH excluding ortho intramolecular Hbond substituents is 1. The van der Waals surface area contributed by atoms with E-state index in [1.54, 1.807) is 6.07 Å². The molecular weight excluding hydrogens is 520 g/mol. The Kier molecular flexibility index (Phi) is 6.90. The zero-order valence-electron chi connectivity index (χ0n) is 20.6. The second-order valence-corrected chi connectivity index (χ2v) is 12.1. The normalized spacial score (nSPS) is 25.2. The van der Waals surface area contributed by atoms with Crippen LogP contribution in [0.4, 0.5) is 10.6 Å². The molecule has 3 N–H and O–H groups in total. The lowest BCUT2D eigenvalue weighted by Crippen LogP contribution is -2.45. The average Bonchev–Trinajstić information content (AvgIpc) is 3.66. The van der Waals surface area contributed by atoms with Crippen molar-refractivity contribution in [2.24, 2.45) is 0 Å². The van der Waals surface area contributed by atoms with Crippen molar-refractivity contribution in [3.63, 3.8) is 0 Å². The molecule has 2 bridgehead atoms. The van der Waals surface area contributed by atoms with E-state index in [-0.39, 0.29) is 59.0 Å². The Morgan fingerprint density at radius 3 is 2.76 bits per heavy atom. The molecule has 0 radical (unpaired) electrons. The van der Waals surface area contributed by atoms with E-state index in [1.165, 1.54) is 24.1 Å². The molecule has 1 aromatic heterocycles. The Bertz CT molecular complexity index is 1360. The van der Waals surface area contributed by atoms with Crippen LogP contribution >= 0.6 is 0 Å². The molecule has 2 amide bonds. The molecule has 5 rings (SSSR count). The van der Waals surface area contributed by atoms with Crippen molar-refractivity contribution < 1.29 is 42.1 Å². The SMILES string of the molecule is COc1cc(O)c(C=O)c(OCC(=O)Nc2cc([C@H]3CCC(OC(=O)N4C[C@H]5CC4CS5(=O)=O)C3)[nH]n2)c1. The number of carbonyl (C=O) groups is 3. The molecule has 2 aromatic rings. The summed E-state index contributed by atoms with van der Waals surface area (Å²) >= 11 is 0. The van der Waals surface area contributed by atoms with Gasteiger partial charge in [-0.1, -0.05) is 0 Å². The summed E-state index contributed by atoms with van der Waals surface area (Å²) in [7, 11) is -1.69. The second kappa shape index (κ2) is 10.2. The Morgan fingerprint density at radius 1 is 1.26 bits per heavy atom. The highest BCUT2D eigenvalue weighted by Gasteiger charge is 2.51. The first-order chi connectivity index (χ1) is 18.2. The van der Waals surface area contributed by atoms with Crippen molar-refractivity contribution in [3.8, 4) is 17.2 Å². The number of nitrogens with zero attached hydrogens (tertiary/aromatic N) is 2. The van der Waals surface area contributed by atoms with Gasteiger partial charge in [0.2, 0.25) is 0 Å². The van der Waals surface area contributed by atoms with Crippen LogP contribution < -0.4 is 14.8 Å². The number of nitrogens with one attached hydrogen (secondary N) is 2.